The monoisotopic (exact) mass is 792 g/mol. The largest absolute Gasteiger partial charge is 0.497 e. The van der Waals surface area contributed by atoms with Gasteiger partial charge in [0.2, 0.25) is 17.6 Å². The number of hydrogen-bond donors (Lipinski definition) is 4. The van der Waals surface area contributed by atoms with Crippen molar-refractivity contribution in [2.45, 2.75) is 56.4 Å². The molecule has 4 amide bonds. The Morgan fingerprint density at radius 1 is 0.778 bits per heavy atom. The molecule has 3 aromatic rings. The molecule has 4 N–H and O–H groups in total. The lowest BCUT2D eigenvalue weighted by molar-refractivity contribution is -0.165. The van der Waals surface area contributed by atoms with E-state index in [0.717, 1.165) is 49.5 Å². The SMILES string of the molecule is COc1ccc(C(NC(=O)C(Cc2cccc(F)c2)NC(=O)C(F)(F)c2cccc(Cl)c2)C(=O)N[C@H](C(=O)C(F)(F)C(=O)NCC(F)(F)F)C(C)C)cc1. The molecule has 0 heterocycles. The Morgan fingerprint density at radius 2 is 1.41 bits per heavy atom. The van der Waals surface area contributed by atoms with Gasteiger partial charge in [-0.25, -0.2) is 4.39 Å². The van der Waals surface area contributed by atoms with Crippen LogP contribution in [-0.4, -0.2) is 67.2 Å². The maximum absolute atomic E-state index is 15.3. The van der Waals surface area contributed by atoms with Gasteiger partial charge in [-0.3, -0.25) is 24.0 Å². The van der Waals surface area contributed by atoms with Crippen LogP contribution in [0.25, 0.3) is 0 Å². The van der Waals surface area contributed by atoms with Gasteiger partial charge in [0, 0.05) is 17.0 Å². The summed E-state index contributed by atoms with van der Waals surface area (Å²) in [5.41, 5.74) is -0.920. The van der Waals surface area contributed by atoms with Crippen molar-refractivity contribution in [2.75, 3.05) is 13.7 Å². The van der Waals surface area contributed by atoms with E-state index in [4.69, 9.17) is 16.3 Å². The summed E-state index contributed by atoms with van der Waals surface area (Å²) in [6, 6.07) is 7.59. The van der Waals surface area contributed by atoms with E-state index in [0.29, 0.717) is 0 Å². The minimum absolute atomic E-state index is 0.0310. The number of methoxy groups -OCH3 is 1. The minimum atomic E-state index is -5.10. The highest BCUT2D eigenvalue weighted by Gasteiger charge is 2.52. The van der Waals surface area contributed by atoms with Crippen molar-refractivity contribution in [1.29, 1.82) is 0 Å². The Labute approximate surface area is 307 Å². The molecule has 0 aliphatic carbocycles. The van der Waals surface area contributed by atoms with Gasteiger partial charge in [0.15, 0.2) is 0 Å². The topological polar surface area (TPSA) is 143 Å². The molecule has 3 rings (SSSR count). The molecule has 19 heteroatoms. The van der Waals surface area contributed by atoms with Crippen LogP contribution in [0.3, 0.4) is 0 Å². The first kappa shape index (κ1) is 43.1. The van der Waals surface area contributed by atoms with E-state index < -0.39 is 95.8 Å². The molecule has 3 aromatic carbocycles. The van der Waals surface area contributed by atoms with Crippen molar-refractivity contribution in [3.63, 3.8) is 0 Å². The molecule has 2 unspecified atom stereocenters. The molecule has 0 spiro atoms. The van der Waals surface area contributed by atoms with E-state index >= 15 is 8.78 Å². The molecule has 54 heavy (non-hydrogen) atoms. The molecule has 3 atom stereocenters. The van der Waals surface area contributed by atoms with Crippen molar-refractivity contribution in [3.05, 3.63) is 100 Å². The fourth-order valence-corrected chi connectivity index (χ4v) is 5.07. The summed E-state index contributed by atoms with van der Waals surface area (Å²) in [7, 11) is 1.30. The second-order valence-electron chi connectivity index (χ2n) is 12.1. The number of rotatable bonds is 16. The zero-order chi connectivity index (χ0) is 40.6. The maximum Gasteiger partial charge on any atom is 0.405 e. The zero-order valence-electron chi connectivity index (χ0n) is 28.5. The number of nitrogens with one attached hydrogen (secondary N) is 4. The first-order chi connectivity index (χ1) is 25.1. The lowest BCUT2D eigenvalue weighted by atomic mass is 9.94. The second kappa shape index (κ2) is 17.7. The summed E-state index contributed by atoms with van der Waals surface area (Å²) in [5.74, 6) is -20.7. The number of carbonyl (C=O) groups is 5. The third-order valence-corrected chi connectivity index (χ3v) is 7.95. The van der Waals surface area contributed by atoms with Crippen LogP contribution in [0, 0.1) is 11.7 Å². The van der Waals surface area contributed by atoms with Crippen LogP contribution in [0.15, 0.2) is 72.8 Å². The van der Waals surface area contributed by atoms with E-state index in [2.05, 4.69) is 5.32 Å². The molecule has 0 saturated heterocycles. The number of hydrogen-bond acceptors (Lipinski definition) is 6. The molecule has 0 fully saturated rings. The number of Topliss-reactive ketones (excluding diaryl/α,β-unsaturated/α-hetero) is 1. The predicted octanol–water partition coefficient (Wildman–Crippen LogP) is 5.19. The van der Waals surface area contributed by atoms with Crippen LogP contribution in [0.4, 0.5) is 35.1 Å². The highest BCUT2D eigenvalue weighted by Crippen LogP contribution is 2.30. The highest BCUT2D eigenvalue weighted by atomic mass is 35.5. The predicted molar refractivity (Wildman–Crippen MR) is 177 cm³/mol. The quantitative estimate of drug-likeness (QED) is 0.116. The molecule has 0 radical (unpaired) electrons. The van der Waals surface area contributed by atoms with Gasteiger partial charge >= 0.3 is 18.0 Å². The van der Waals surface area contributed by atoms with Crippen LogP contribution < -0.4 is 26.0 Å². The number of benzene rings is 3. The molecule has 10 nitrogen and oxygen atoms in total. The normalized spacial score (nSPS) is 13.6. The van der Waals surface area contributed by atoms with Crippen molar-refractivity contribution >= 4 is 41.0 Å². The van der Waals surface area contributed by atoms with Gasteiger partial charge in [0.25, 0.3) is 11.8 Å². The number of amides is 4. The summed E-state index contributed by atoms with van der Waals surface area (Å²) >= 11 is 5.81. The van der Waals surface area contributed by atoms with Gasteiger partial charge in [-0.1, -0.05) is 61.8 Å². The molecule has 292 valence electrons. The molecule has 0 saturated carbocycles. The standard InChI is InChI=1S/C35H33ClF8N4O6/c1-18(2)26(28(49)35(43,44)31(52)45-17-33(38,39)40)47-30(51)27(20-10-12-24(54-3)13-11-20)48-29(50)25(15-19-6-4-9-23(37)14-19)46-32(53)34(41,42)21-7-5-8-22(36)16-21/h4-14,16,18,25-27H,15,17H2,1-3H3,(H,45,52)(H,46,53)(H,47,51)(H,48,50)/t25?,26-,27?/m0/s1. The van der Waals surface area contributed by atoms with Gasteiger partial charge in [-0.05, 0) is 53.4 Å². The summed E-state index contributed by atoms with van der Waals surface area (Å²) < 4.78 is 117. The average molecular weight is 793 g/mol. The number of carbonyl (C=O) groups excluding carboxylic acids is 5. The van der Waals surface area contributed by atoms with Crippen LogP contribution in [0.2, 0.25) is 5.02 Å². The van der Waals surface area contributed by atoms with E-state index in [1.54, 1.807) is 0 Å². The van der Waals surface area contributed by atoms with Crippen molar-refractivity contribution in [3.8, 4) is 5.75 Å². The maximum atomic E-state index is 15.3. The fraction of sp³-hybridized carbons (Fsp3) is 0.343. The molecule has 0 aliphatic rings. The Kier molecular flexibility index (Phi) is 14.2. The first-order valence-electron chi connectivity index (χ1n) is 15.8. The average Bonchev–Trinajstić information content (AvgIpc) is 3.10. The van der Waals surface area contributed by atoms with E-state index in [1.165, 1.54) is 49.6 Å². The second-order valence-corrected chi connectivity index (χ2v) is 12.6. The third-order valence-electron chi connectivity index (χ3n) is 7.71. The van der Waals surface area contributed by atoms with Gasteiger partial charge in [0.1, 0.15) is 30.2 Å². The summed E-state index contributed by atoms with van der Waals surface area (Å²) in [6.45, 7) is 0.146. The Morgan fingerprint density at radius 3 is 1.96 bits per heavy atom. The van der Waals surface area contributed by atoms with E-state index in [9.17, 15) is 50.3 Å². The summed E-state index contributed by atoms with van der Waals surface area (Å²) in [4.78, 5) is 65.4. The smallest absolute Gasteiger partial charge is 0.405 e. The molecular weight excluding hydrogens is 760 g/mol. The fourth-order valence-electron chi connectivity index (χ4n) is 4.88. The molecular formula is C35H33ClF8N4O6. The third kappa shape index (κ3) is 11.4. The molecule has 0 aliphatic heterocycles. The summed E-state index contributed by atoms with van der Waals surface area (Å²) in [5, 5.41) is 6.88. The molecule has 0 aromatic heterocycles. The van der Waals surface area contributed by atoms with Gasteiger partial charge in [-0.15, -0.1) is 0 Å². The highest BCUT2D eigenvalue weighted by molar-refractivity contribution is 6.30. The van der Waals surface area contributed by atoms with Gasteiger partial charge in [-0.2, -0.15) is 30.7 Å². The van der Waals surface area contributed by atoms with Gasteiger partial charge in [0.05, 0.1) is 13.2 Å². The number of halogens is 9. The van der Waals surface area contributed by atoms with Crippen molar-refractivity contribution < 1.29 is 63.8 Å². The van der Waals surface area contributed by atoms with Crippen molar-refractivity contribution in [1.82, 2.24) is 21.3 Å². The number of ketones is 1. The van der Waals surface area contributed by atoms with Crippen LogP contribution in [0.5, 0.6) is 5.75 Å². The van der Waals surface area contributed by atoms with Crippen LogP contribution in [0.1, 0.15) is 36.6 Å². The first-order valence-corrected chi connectivity index (χ1v) is 16.2. The Balaban J connectivity index is 2.00. The zero-order valence-corrected chi connectivity index (χ0v) is 29.3. The lowest BCUT2D eigenvalue weighted by Crippen LogP contribution is -2.59. The van der Waals surface area contributed by atoms with Crippen molar-refractivity contribution in [2.24, 2.45) is 5.92 Å². The van der Waals surface area contributed by atoms with E-state index in [-0.39, 0.29) is 21.9 Å². The Hall–Kier alpha value is -5.26. The van der Waals surface area contributed by atoms with E-state index in [1.807, 2.05) is 10.6 Å². The van der Waals surface area contributed by atoms with Crippen LogP contribution in [-0.2, 0) is 36.3 Å². The van der Waals surface area contributed by atoms with Crippen LogP contribution >= 0.6 is 11.6 Å². The number of ether oxygens (including phenoxy) is 1. The summed E-state index contributed by atoms with van der Waals surface area (Å²) in [6.07, 6.45) is -5.72. The van der Waals surface area contributed by atoms with Gasteiger partial charge < -0.3 is 26.0 Å². The Bertz CT molecular complexity index is 1840. The molecule has 0 bridgehead atoms. The number of alkyl halides is 7. The lowest BCUT2D eigenvalue weighted by Gasteiger charge is -2.29. The minimum Gasteiger partial charge on any atom is -0.497 e.